The van der Waals surface area contributed by atoms with E-state index in [9.17, 15) is 13.2 Å². The Balaban J connectivity index is 1.48. The zero-order valence-electron chi connectivity index (χ0n) is 13.7. The molecule has 26 heavy (non-hydrogen) atoms. The van der Waals surface area contributed by atoms with E-state index >= 15 is 0 Å². The Kier molecular flexibility index (Phi) is 4.28. The van der Waals surface area contributed by atoms with Gasteiger partial charge in [0, 0.05) is 6.04 Å². The summed E-state index contributed by atoms with van der Waals surface area (Å²) in [5.41, 5.74) is -0.0200. The molecule has 8 heteroatoms. The second-order valence-electron chi connectivity index (χ2n) is 6.30. The van der Waals surface area contributed by atoms with Crippen LogP contribution in [0.4, 0.5) is 13.2 Å². The van der Waals surface area contributed by atoms with Crippen molar-refractivity contribution in [1.29, 1.82) is 0 Å². The Morgan fingerprint density at radius 1 is 1.15 bits per heavy atom. The van der Waals surface area contributed by atoms with Gasteiger partial charge < -0.3 is 14.2 Å². The third kappa shape index (κ3) is 3.65. The highest BCUT2D eigenvalue weighted by Gasteiger charge is 2.35. The number of nitrogens with zero attached hydrogens (tertiary/aromatic N) is 2. The first-order valence-electron chi connectivity index (χ1n) is 8.27. The van der Waals surface area contributed by atoms with Gasteiger partial charge in [-0.1, -0.05) is 12.1 Å². The van der Waals surface area contributed by atoms with Gasteiger partial charge in [0.2, 0.25) is 5.89 Å². The SMILES string of the molecule is FC(F)(F)c1cccc([C@H](NCc2nnc(-c3ccco3)o2)C2CC2)c1. The molecule has 2 heterocycles. The van der Waals surface area contributed by atoms with Gasteiger partial charge in [0.05, 0.1) is 18.4 Å². The molecule has 0 aliphatic heterocycles. The van der Waals surface area contributed by atoms with Gasteiger partial charge in [-0.15, -0.1) is 10.2 Å². The van der Waals surface area contributed by atoms with Gasteiger partial charge in [-0.05, 0) is 48.6 Å². The maximum absolute atomic E-state index is 13.0. The van der Waals surface area contributed by atoms with Gasteiger partial charge in [0.15, 0.2) is 5.76 Å². The van der Waals surface area contributed by atoms with Crippen molar-refractivity contribution in [2.75, 3.05) is 0 Å². The lowest BCUT2D eigenvalue weighted by molar-refractivity contribution is -0.137. The van der Waals surface area contributed by atoms with Crippen molar-refractivity contribution >= 4 is 0 Å². The minimum absolute atomic E-state index is 0.184. The second kappa shape index (κ2) is 6.60. The van der Waals surface area contributed by atoms with E-state index in [1.807, 2.05) is 0 Å². The number of hydrogen-bond acceptors (Lipinski definition) is 5. The summed E-state index contributed by atoms with van der Waals surface area (Å²) in [6, 6.07) is 8.69. The van der Waals surface area contributed by atoms with Crippen molar-refractivity contribution < 1.29 is 22.0 Å². The number of aromatic nitrogens is 2. The van der Waals surface area contributed by atoms with E-state index in [1.165, 1.54) is 18.4 Å². The molecule has 1 atom stereocenters. The van der Waals surface area contributed by atoms with Gasteiger partial charge in [-0.25, -0.2) is 0 Å². The predicted octanol–water partition coefficient (Wildman–Crippen LogP) is 4.59. The van der Waals surface area contributed by atoms with Crippen LogP contribution in [0, 0.1) is 5.92 Å². The summed E-state index contributed by atoms with van der Waals surface area (Å²) in [5.74, 6) is 1.41. The van der Waals surface area contributed by atoms with Crippen LogP contribution in [0.25, 0.3) is 11.7 Å². The normalized spacial score (nSPS) is 16.0. The van der Waals surface area contributed by atoms with Crippen LogP contribution in [0.3, 0.4) is 0 Å². The van der Waals surface area contributed by atoms with E-state index in [2.05, 4.69) is 15.5 Å². The van der Waals surface area contributed by atoms with Crippen molar-refractivity contribution in [1.82, 2.24) is 15.5 Å². The molecule has 5 nitrogen and oxygen atoms in total. The van der Waals surface area contributed by atoms with Gasteiger partial charge in [0.25, 0.3) is 5.89 Å². The molecule has 3 aromatic rings. The van der Waals surface area contributed by atoms with Crippen LogP contribution in [0.15, 0.2) is 51.5 Å². The predicted molar refractivity (Wildman–Crippen MR) is 85.7 cm³/mol. The molecule has 0 spiro atoms. The molecule has 0 radical (unpaired) electrons. The molecule has 1 fully saturated rings. The maximum Gasteiger partial charge on any atom is 0.416 e. The minimum atomic E-state index is -4.35. The first kappa shape index (κ1) is 16.8. The summed E-state index contributed by atoms with van der Waals surface area (Å²) in [5, 5.41) is 11.1. The van der Waals surface area contributed by atoms with E-state index in [-0.39, 0.29) is 18.5 Å². The Labute approximate surface area is 147 Å². The van der Waals surface area contributed by atoms with Gasteiger partial charge in [0.1, 0.15) is 0 Å². The second-order valence-corrected chi connectivity index (χ2v) is 6.30. The third-order valence-corrected chi connectivity index (χ3v) is 4.34. The van der Waals surface area contributed by atoms with Crippen LogP contribution < -0.4 is 5.32 Å². The largest absolute Gasteiger partial charge is 0.459 e. The topological polar surface area (TPSA) is 64.1 Å². The van der Waals surface area contributed by atoms with Crippen LogP contribution in [-0.2, 0) is 12.7 Å². The number of rotatable bonds is 6. The van der Waals surface area contributed by atoms with Crippen LogP contribution in [0.5, 0.6) is 0 Å². The first-order chi connectivity index (χ1) is 12.5. The van der Waals surface area contributed by atoms with E-state index < -0.39 is 11.7 Å². The highest BCUT2D eigenvalue weighted by molar-refractivity contribution is 5.42. The molecule has 136 valence electrons. The number of furan rings is 1. The molecule has 1 aliphatic carbocycles. The average molecular weight is 363 g/mol. The van der Waals surface area contributed by atoms with Crippen molar-refractivity contribution in [2.24, 2.45) is 5.92 Å². The quantitative estimate of drug-likeness (QED) is 0.694. The van der Waals surface area contributed by atoms with E-state index in [0.717, 1.165) is 18.9 Å². The molecule has 0 unspecified atom stereocenters. The Morgan fingerprint density at radius 3 is 2.69 bits per heavy atom. The summed E-state index contributed by atoms with van der Waals surface area (Å²) in [4.78, 5) is 0. The van der Waals surface area contributed by atoms with Crippen LogP contribution in [-0.4, -0.2) is 10.2 Å². The van der Waals surface area contributed by atoms with Crippen molar-refractivity contribution in [3.05, 3.63) is 59.7 Å². The van der Waals surface area contributed by atoms with E-state index in [0.29, 0.717) is 23.1 Å². The van der Waals surface area contributed by atoms with Crippen molar-refractivity contribution in [3.8, 4) is 11.7 Å². The van der Waals surface area contributed by atoms with Crippen molar-refractivity contribution in [3.63, 3.8) is 0 Å². The molecule has 0 amide bonds. The number of alkyl halides is 3. The summed E-state index contributed by atoms with van der Waals surface area (Å²) < 4.78 is 49.7. The summed E-state index contributed by atoms with van der Waals surface area (Å²) in [6.45, 7) is 0.269. The number of nitrogens with one attached hydrogen (secondary N) is 1. The summed E-state index contributed by atoms with van der Waals surface area (Å²) in [6.07, 6.45) is -0.881. The molecule has 1 N–H and O–H groups in total. The van der Waals surface area contributed by atoms with E-state index in [4.69, 9.17) is 8.83 Å². The lowest BCUT2D eigenvalue weighted by Crippen LogP contribution is -2.23. The number of halogens is 3. The lowest BCUT2D eigenvalue weighted by atomic mass is 10.00. The van der Waals surface area contributed by atoms with Crippen LogP contribution >= 0.6 is 0 Å². The summed E-state index contributed by atoms with van der Waals surface area (Å²) >= 11 is 0. The Hall–Kier alpha value is -2.61. The number of hydrogen-bond donors (Lipinski definition) is 1. The highest BCUT2D eigenvalue weighted by atomic mass is 19.4. The van der Waals surface area contributed by atoms with Gasteiger partial charge in [-0.3, -0.25) is 0 Å². The molecule has 1 aromatic carbocycles. The lowest BCUT2D eigenvalue weighted by Gasteiger charge is -2.19. The maximum atomic E-state index is 13.0. The fourth-order valence-electron chi connectivity index (χ4n) is 2.92. The first-order valence-corrected chi connectivity index (χ1v) is 8.27. The van der Waals surface area contributed by atoms with E-state index in [1.54, 1.807) is 18.2 Å². The Bertz CT molecular complexity index is 870. The standard InChI is InChI=1S/C18H16F3N3O2/c19-18(20,21)13-4-1-3-12(9-13)16(11-6-7-11)22-10-15-23-24-17(26-15)14-5-2-8-25-14/h1-5,8-9,11,16,22H,6-7,10H2/t16-/m1/s1. The molecule has 2 aromatic heterocycles. The van der Waals surface area contributed by atoms with Crippen LogP contribution in [0.2, 0.25) is 0 Å². The molecule has 0 saturated heterocycles. The van der Waals surface area contributed by atoms with Gasteiger partial charge >= 0.3 is 6.18 Å². The fourth-order valence-corrected chi connectivity index (χ4v) is 2.92. The number of benzene rings is 1. The fraction of sp³-hybridized carbons (Fsp3) is 0.333. The molecule has 4 rings (SSSR count). The molecule has 1 aliphatic rings. The minimum Gasteiger partial charge on any atom is -0.459 e. The third-order valence-electron chi connectivity index (χ3n) is 4.34. The molecule has 1 saturated carbocycles. The zero-order chi connectivity index (χ0) is 18.1. The van der Waals surface area contributed by atoms with Crippen LogP contribution in [0.1, 0.15) is 35.9 Å². The average Bonchev–Trinajstić information content (AvgIpc) is 3.11. The molecule has 0 bridgehead atoms. The molecular weight excluding hydrogens is 347 g/mol. The monoisotopic (exact) mass is 363 g/mol. The summed E-state index contributed by atoms with van der Waals surface area (Å²) in [7, 11) is 0. The van der Waals surface area contributed by atoms with Gasteiger partial charge in [-0.2, -0.15) is 13.2 Å². The smallest absolute Gasteiger partial charge is 0.416 e. The Morgan fingerprint density at radius 2 is 2.00 bits per heavy atom. The molecular formula is C18H16F3N3O2. The zero-order valence-corrected chi connectivity index (χ0v) is 13.7. The van der Waals surface area contributed by atoms with Crippen molar-refractivity contribution in [2.45, 2.75) is 31.6 Å². The highest BCUT2D eigenvalue weighted by Crippen LogP contribution is 2.42.